The maximum Gasteiger partial charge on any atom is 0.408 e. The zero-order valence-corrected chi connectivity index (χ0v) is 28.2. The van der Waals surface area contributed by atoms with E-state index in [1.807, 2.05) is 9.47 Å². The Bertz CT molecular complexity index is 1570. The normalized spacial score (nSPS) is 16.0. The minimum absolute atomic E-state index is 0.100. The number of esters is 1. The molecule has 4 rings (SSSR count). The Balaban J connectivity index is 1.46. The first-order chi connectivity index (χ1) is 22.0. The topological polar surface area (TPSA) is 149 Å². The average Bonchev–Trinajstić information content (AvgIpc) is 3.82. The second-order valence-electron chi connectivity index (χ2n) is 13.9. The van der Waals surface area contributed by atoms with Gasteiger partial charge >= 0.3 is 18.2 Å². The number of carbonyl (C=O) groups excluding carboxylic acids is 4. The van der Waals surface area contributed by atoms with Crippen molar-refractivity contribution in [3.8, 4) is 0 Å². The van der Waals surface area contributed by atoms with Gasteiger partial charge in [-0.3, -0.25) is 9.59 Å². The van der Waals surface area contributed by atoms with Crippen molar-refractivity contribution in [2.75, 3.05) is 44.7 Å². The fraction of sp³-hybridized carbons (Fsp3) is 0.606. The van der Waals surface area contributed by atoms with Crippen molar-refractivity contribution >= 4 is 40.7 Å². The molecule has 14 heteroatoms. The van der Waals surface area contributed by atoms with Gasteiger partial charge in [0.25, 0.3) is 0 Å². The van der Waals surface area contributed by atoms with Crippen LogP contribution in [0.4, 0.5) is 19.7 Å². The first-order valence-electron chi connectivity index (χ1n) is 15.9. The summed E-state index contributed by atoms with van der Waals surface area (Å²) < 4.78 is 32.8. The van der Waals surface area contributed by atoms with Gasteiger partial charge in [0.05, 0.1) is 18.3 Å². The second-order valence-corrected chi connectivity index (χ2v) is 13.9. The van der Waals surface area contributed by atoms with E-state index < -0.39 is 46.6 Å². The summed E-state index contributed by atoms with van der Waals surface area (Å²) in [7, 11) is 1.20. The highest BCUT2D eigenvalue weighted by Crippen LogP contribution is 2.38. The Morgan fingerprint density at radius 2 is 1.57 bits per heavy atom. The number of anilines is 1. The predicted molar refractivity (Wildman–Crippen MR) is 173 cm³/mol. The van der Waals surface area contributed by atoms with Crippen LogP contribution in [0.5, 0.6) is 0 Å². The molecule has 2 fully saturated rings. The quantitative estimate of drug-likeness (QED) is 0.231. The molecular formula is C33H46FN5O8. The lowest BCUT2D eigenvalue weighted by molar-refractivity contribution is -0.134. The van der Waals surface area contributed by atoms with E-state index in [1.54, 1.807) is 52.5 Å². The summed E-state index contributed by atoms with van der Waals surface area (Å²) in [5, 5.41) is 5.44. The number of nitrogens with zero attached hydrogens (tertiary/aromatic N) is 3. The minimum Gasteiger partial charge on any atom is -0.465 e. The van der Waals surface area contributed by atoms with E-state index in [-0.39, 0.29) is 49.0 Å². The fourth-order valence-electron chi connectivity index (χ4n) is 5.42. The van der Waals surface area contributed by atoms with E-state index in [0.29, 0.717) is 30.7 Å². The molecule has 0 radical (unpaired) electrons. The Morgan fingerprint density at radius 3 is 2.15 bits per heavy atom. The first-order valence-corrected chi connectivity index (χ1v) is 15.9. The number of alkyl carbamates (subject to hydrolysis) is 2. The molecule has 47 heavy (non-hydrogen) atoms. The van der Waals surface area contributed by atoms with Crippen LogP contribution in [0, 0.1) is 5.82 Å². The molecule has 2 aliphatic rings. The van der Waals surface area contributed by atoms with Crippen LogP contribution in [0.1, 0.15) is 83.6 Å². The van der Waals surface area contributed by atoms with E-state index in [9.17, 15) is 24.0 Å². The van der Waals surface area contributed by atoms with Crippen LogP contribution >= 0.6 is 0 Å². The Labute approximate surface area is 273 Å². The number of ether oxygens (including phenoxy) is 3. The molecule has 1 aliphatic carbocycles. The number of nitrogens with one attached hydrogen (secondary N) is 2. The van der Waals surface area contributed by atoms with Crippen molar-refractivity contribution in [3.05, 3.63) is 39.9 Å². The van der Waals surface area contributed by atoms with Crippen molar-refractivity contribution in [1.82, 2.24) is 20.1 Å². The second kappa shape index (κ2) is 14.2. The van der Waals surface area contributed by atoms with E-state index in [4.69, 9.17) is 14.2 Å². The largest absolute Gasteiger partial charge is 0.465 e. The lowest BCUT2D eigenvalue weighted by Crippen LogP contribution is -2.55. The molecule has 13 nitrogen and oxygen atoms in total. The van der Waals surface area contributed by atoms with Gasteiger partial charge in [-0.05, 0) is 79.4 Å². The zero-order chi connectivity index (χ0) is 34.7. The van der Waals surface area contributed by atoms with Gasteiger partial charge in [0.1, 0.15) is 28.6 Å². The summed E-state index contributed by atoms with van der Waals surface area (Å²) in [6.07, 6.45) is 2.56. The standard InChI is InChI=1S/C33H46FN5O8/c1-32(2,3)46-30(43)35-12-8-9-24(36-31(44)47-33(4,5)6)28(41)38-15-13-37(14-16-38)26-18-25-21(17-23(26)34)27(40)22(29(42)45-7)19-39(25)20-10-11-20/h17-20,24H,8-16H2,1-7H3,(H,35,43)(H,36,44)/t24-/m1/s1. The summed E-state index contributed by atoms with van der Waals surface area (Å²) in [4.78, 5) is 67.1. The zero-order valence-electron chi connectivity index (χ0n) is 28.2. The number of carbonyl (C=O) groups is 4. The molecule has 258 valence electrons. The molecule has 2 heterocycles. The number of aromatic nitrogens is 1. The summed E-state index contributed by atoms with van der Waals surface area (Å²) in [6.45, 7) is 11.8. The summed E-state index contributed by atoms with van der Waals surface area (Å²) in [5.41, 5.74) is -1.32. The van der Waals surface area contributed by atoms with E-state index in [1.165, 1.54) is 19.4 Å². The highest BCUT2D eigenvalue weighted by molar-refractivity contribution is 5.94. The van der Waals surface area contributed by atoms with Crippen molar-refractivity contribution in [2.24, 2.45) is 0 Å². The van der Waals surface area contributed by atoms with E-state index in [2.05, 4.69) is 10.6 Å². The van der Waals surface area contributed by atoms with Crippen LogP contribution in [-0.4, -0.2) is 90.6 Å². The van der Waals surface area contributed by atoms with Crippen molar-refractivity contribution in [2.45, 2.75) is 90.5 Å². The van der Waals surface area contributed by atoms with Crippen molar-refractivity contribution in [3.63, 3.8) is 0 Å². The number of piperazine rings is 1. The first kappa shape index (κ1) is 35.5. The maximum atomic E-state index is 15.5. The van der Waals surface area contributed by atoms with Crippen LogP contribution in [0.15, 0.2) is 23.1 Å². The van der Waals surface area contributed by atoms with E-state index >= 15 is 4.39 Å². The molecule has 1 aliphatic heterocycles. The fourth-order valence-corrected chi connectivity index (χ4v) is 5.42. The third kappa shape index (κ3) is 9.35. The minimum atomic E-state index is -0.911. The molecule has 0 unspecified atom stereocenters. The van der Waals surface area contributed by atoms with Gasteiger partial charge < -0.3 is 39.2 Å². The maximum absolute atomic E-state index is 15.5. The van der Waals surface area contributed by atoms with Crippen molar-refractivity contribution < 1.29 is 37.8 Å². The lowest BCUT2D eigenvalue weighted by atomic mass is 10.1. The molecule has 2 N–H and O–H groups in total. The van der Waals surface area contributed by atoms with Gasteiger partial charge in [0.2, 0.25) is 11.3 Å². The molecule has 1 aromatic carbocycles. The SMILES string of the molecule is COC(=O)c1cn(C2CC2)c2cc(N3CCN(C(=O)[C@@H](CCCNC(=O)OC(C)(C)C)NC(=O)OC(C)(C)C)CC3)c(F)cc2c1=O. The molecule has 0 spiro atoms. The highest BCUT2D eigenvalue weighted by Gasteiger charge is 2.32. The van der Waals surface area contributed by atoms with Gasteiger partial charge in [-0.25, -0.2) is 18.8 Å². The molecule has 1 aromatic heterocycles. The Kier molecular flexibility index (Phi) is 10.7. The number of rotatable bonds is 9. The third-order valence-electron chi connectivity index (χ3n) is 7.71. The van der Waals surface area contributed by atoms with Crippen LogP contribution in [0.25, 0.3) is 10.9 Å². The summed E-state index contributed by atoms with van der Waals surface area (Å²) in [5.74, 6) is -1.69. The molecule has 1 saturated heterocycles. The van der Waals surface area contributed by atoms with Crippen LogP contribution in [0.3, 0.4) is 0 Å². The van der Waals surface area contributed by atoms with Crippen LogP contribution in [-0.2, 0) is 19.0 Å². The number of benzene rings is 1. The molecule has 0 bridgehead atoms. The summed E-state index contributed by atoms with van der Waals surface area (Å²) >= 11 is 0. The van der Waals surface area contributed by atoms with Gasteiger partial charge in [-0.2, -0.15) is 0 Å². The summed E-state index contributed by atoms with van der Waals surface area (Å²) in [6, 6.07) is 1.99. The van der Waals surface area contributed by atoms with Crippen molar-refractivity contribution in [1.29, 1.82) is 0 Å². The number of halogens is 1. The van der Waals surface area contributed by atoms with Gasteiger partial charge in [0, 0.05) is 50.3 Å². The number of methoxy groups -OCH3 is 1. The Morgan fingerprint density at radius 1 is 0.957 bits per heavy atom. The molecule has 2 aromatic rings. The number of amides is 3. The number of fused-ring (bicyclic) bond motifs is 1. The molecular weight excluding hydrogens is 613 g/mol. The Hall–Kier alpha value is -4.36. The molecule has 1 atom stereocenters. The van der Waals surface area contributed by atoms with Gasteiger partial charge in [0.15, 0.2) is 0 Å². The number of hydrogen-bond acceptors (Lipinski definition) is 9. The monoisotopic (exact) mass is 659 g/mol. The molecule has 3 amide bonds. The van der Waals surface area contributed by atoms with Gasteiger partial charge in [-0.15, -0.1) is 0 Å². The number of hydrogen-bond donors (Lipinski definition) is 2. The third-order valence-corrected chi connectivity index (χ3v) is 7.71. The lowest BCUT2D eigenvalue weighted by Gasteiger charge is -2.38. The number of pyridine rings is 1. The highest BCUT2D eigenvalue weighted by atomic mass is 19.1. The van der Waals surface area contributed by atoms with Gasteiger partial charge in [-0.1, -0.05) is 0 Å². The van der Waals surface area contributed by atoms with Crippen LogP contribution in [0.2, 0.25) is 0 Å². The average molecular weight is 660 g/mol. The smallest absolute Gasteiger partial charge is 0.408 e. The van der Waals surface area contributed by atoms with Crippen LogP contribution < -0.4 is 21.0 Å². The predicted octanol–water partition coefficient (Wildman–Crippen LogP) is 4.11. The molecule has 1 saturated carbocycles. The van der Waals surface area contributed by atoms with E-state index in [0.717, 1.165) is 12.8 Å².